The van der Waals surface area contributed by atoms with Gasteiger partial charge in [-0.1, -0.05) is 64.7 Å². The second-order valence-electron chi connectivity index (χ2n) is 20.0. The minimum absolute atomic E-state index is 0.168. The summed E-state index contributed by atoms with van der Waals surface area (Å²) in [6.45, 7) is 16.4. The normalized spacial score (nSPS) is 33.8. The molecule has 3 fully saturated rings. The summed E-state index contributed by atoms with van der Waals surface area (Å²) >= 11 is 1.31. The molecule has 6 heterocycles. The summed E-state index contributed by atoms with van der Waals surface area (Å²) < 4.78 is 25.7. The monoisotopic (exact) mass is 939 g/mol. The summed E-state index contributed by atoms with van der Waals surface area (Å²) in [7, 11) is 3.81. The second kappa shape index (κ2) is 20.9. The lowest BCUT2D eigenvalue weighted by molar-refractivity contribution is -0.286. The maximum absolute atomic E-state index is 14.7. The number of carbonyl (C=O) groups excluding carboxylic acids is 4. The number of rotatable bonds is 10. The van der Waals surface area contributed by atoms with Crippen LogP contribution in [0.5, 0.6) is 0 Å². The summed E-state index contributed by atoms with van der Waals surface area (Å²) in [5, 5.41) is 15.9. The maximum atomic E-state index is 14.7. The van der Waals surface area contributed by atoms with Gasteiger partial charge in [0.2, 0.25) is 0 Å². The number of aliphatic imine (C=N–C) groups is 1. The van der Waals surface area contributed by atoms with E-state index in [0.29, 0.717) is 48.7 Å². The molecule has 2 bridgehead atoms. The first-order chi connectivity index (χ1) is 31.8. The van der Waals surface area contributed by atoms with Gasteiger partial charge in [0, 0.05) is 60.1 Å². The fraction of sp³-hybridized carbons (Fsp3) is 0.615. The molecule has 0 spiro atoms. The molecule has 3 aromatic rings. The van der Waals surface area contributed by atoms with Crippen LogP contribution in [0.15, 0.2) is 53.7 Å². The van der Waals surface area contributed by atoms with Crippen LogP contribution in [-0.2, 0) is 35.0 Å². The number of nitrogens with zero attached hydrogens (tertiary/aromatic N) is 4. The number of aromatic nitrogens is 1. The number of para-hydroxylation sites is 1. The van der Waals surface area contributed by atoms with E-state index in [9.17, 15) is 24.3 Å². The van der Waals surface area contributed by atoms with Gasteiger partial charge >= 0.3 is 12.1 Å². The topological polar surface area (TPSA) is 169 Å². The van der Waals surface area contributed by atoms with E-state index in [1.807, 2.05) is 83.2 Å². The van der Waals surface area contributed by atoms with Gasteiger partial charge in [-0.05, 0) is 103 Å². The minimum Gasteiger partial charge on any atom is -0.458 e. The number of hydrogen-bond donors (Lipinski definition) is 2. The Kier molecular flexibility index (Phi) is 15.6. The lowest BCUT2D eigenvalue weighted by Gasteiger charge is -2.47. The molecule has 0 saturated carbocycles. The van der Waals surface area contributed by atoms with Crippen molar-refractivity contribution in [3.05, 3.63) is 64.0 Å². The van der Waals surface area contributed by atoms with Crippen LogP contribution < -0.4 is 5.32 Å². The SMILES string of the molecule is CC[C@H]1OC(=O)[C@H](C)C(=O)[C@H](C)[C@@H](O[C@@H]2O[C@H](C)C[C@H](N(C)C)[C@H]2O)[C@@](C)(CC#Cc2ccc(C(=O)NCCCc3cnc4ccccc4c3)s2)C[C@@H](C)C2=NCCN3C(=O)O[C@@]1(C)[C@H]3[C@H]2C. The van der Waals surface area contributed by atoms with E-state index in [4.69, 9.17) is 23.9 Å². The summed E-state index contributed by atoms with van der Waals surface area (Å²) in [6.07, 6.45) is 0.484. The number of hydrogen-bond acceptors (Lipinski definition) is 13. The molecule has 14 nitrogen and oxygen atoms in total. The molecule has 15 heteroatoms. The van der Waals surface area contributed by atoms with Gasteiger partial charge in [0.25, 0.3) is 5.91 Å². The number of cyclic esters (lactones) is 1. The predicted octanol–water partition coefficient (Wildman–Crippen LogP) is 7.09. The lowest BCUT2D eigenvalue weighted by Crippen LogP contribution is -2.58. The molecule has 7 rings (SSSR count). The highest BCUT2D eigenvalue weighted by Gasteiger charge is 2.60. The van der Waals surface area contributed by atoms with Crippen molar-refractivity contribution in [3.8, 4) is 11.8 Å². The molecular formula is C52H69N5O9S. The fourth-order valence-corrected chi connectivity index (χ4v) is 12.0. The zero-order valence-corrected chi connectivity index (χ0v) is 41.6. The van der Waals surface area contributed by atoms with Crippen molar-refractivity contribution in [3.63, 3.8) is 0 Å². The molecule has 67 heavy (non-hydrogen) atoms. The summed E-state index contributed by atoms with van der Waals surface area (Å²) in [5.41, 5.74) is 0.850. The third kappa shape index (κ3) is 10.6. The fourth-order valence-electron chi connectivity index (χ4n) is 11.2. The molecule has 0 aliphatic carbocycles. The Morgan fingerprint density at radius 1 is 1.07 bits per heavy atom. The largest absolute Gasteiger partial charge is 0.458 e. The average molecular weight is 940 g/mol. The number of ether oxygens (including phenoxy) is 4. The standard InChI is InChI=1S/C52H69N5O9S/c1-11-41-52(8)45-32(4)42(53-24-25-57(45)50(62)66-52)30(2)28-51(7,46(33(5)43(58)34(6)48(61)64-41)65-49-44(59)39(56(9)10)26-31(3)63-49)22-14-18-37-20-21-40(67-37)47(60)54-23-15-16-35-27-36-17-12-13-19-38(36)55-29-35/h12-13,17,19-21,27,29-34,39,41,44-46,49,59H,11,15-16,22-26,28H2,1-10H3,(H,54,60)/t30-,31-,32+,33+,34-,39+,41-,44-,45-,46-,49+,51+,52-/m1/s1. The molecule has 13 atom stereocenters. The molecule has 4 aliphatic heterocycles. The zero-order chi connectivity index (χ0) is 48.4. The smallest absolute Gasteiger partial charge is 0.410 e. The number of thiophene rings is 1. The van der Waals surface area contributed by atoms with Gasteiger partial charge in [-0.2, -0.15) is 0 Å². The second-order valence-corrected chi connectivity index (χ2v) is 21.0. The van der Waals surface area contributed by atoms with Crippen molar-refractivity contribution in [2.45, 2.75) is 142 Å². The Morgan fingerprint density at radius 2 is 1.84 bits per heavy atom. The van der Waals surface area contributed by atoms with Crippen LogP contribution in [0, 0.1) is 40.9 Å². The van der Waals surface area contributed by atoms with Crippen molar-refractivity contribution in [2.75, 3.05) is 33.7 Å². The number of nitrogens with one attached hydrogen (secondary N) is 1. The van der Waals surface area contributed by atoms with Crippen molar-refractivity contribution in [2.24, 2.45) is 34.1 Å². The molecule has 0 radical (unpaired) electrons. The van der Waals surface area contributed by atoms with Gasteiger partial charge in [-0.25, -0.2) is 4.79 Å². The van der Waals surface area contributed by atoms with Crippen LogP contribution in [0.1, 0.15) is 108 Å². The third-order valence-electron chi connectivity index (χ3n) is 14.6. The van der Waals surface area contributed by atoms with E-state index in [0.717, 1.165) is 35.0 Å². The number of carbonyl (C=O) groups is 4. The van der Waals surface area contributed by atoms with Gasteiger partial charge in [-0.15, -0.1) is 11.3 Å². The first-order valence-corrected chi connectivity index (χ1v) is 24.8. The van der Waals surface area contributed by atoms with Crippen LogP contribution in [0.2, 0.25) is 0 Å². The number of benzene rings is 1. The molecule has 3 saturated heterocycles. The van der Waals surface area contributed by atoms with E-state index >= 15 is 0 Å². The number of Topliss-reactive ketones (excluding diaryl/α,β-unsaturated/α-hetero) is 1. The van der Waals surface area contributed by atoms with Crippen LogP contribution in [-0.4, -0.2) is 131 Å². The molecule has 1 aromatic carbocycles. The van der Waals surface area contributed by atoms with Gasteiger partial charge < -0.3 is 34.3 Å². The molecule has 4 aliphatic rings. The Morgan fingerprint density at radius 3 is 2.58 bits per heavy atom. The van der Waals surface area contributed by atoms with E-state index in [-0.39, 0.29) is 36.3 Å². The van der Waals surface area contributed by atoms with Crippen molar-refractivity contribution >= 4 is 51.7 Å². The molecule has 2 N–H and O–H groups in total. The van der Waals surface area contributed by atoms with Crippen molar-refractivity contribution < 1.29 is 43.2 Å². The van der Waals surface area contributed by atoms with Crippen LogP contribution in [0.3, 0.4) is 0 Å². The Hall–Kier alpha value is -4.72. The number of aliphatic hydroxyl groups is 1. The van der Waals surface area contributed by atoms with Gasteiger partial charge in [-0.3, -0.25) is 29.3 Å². The van der Waals surface area contributed by atoms with Crippen LogP contribution in [0.4, 0.5) is 4.79 Å². The van der Waals surface area contributed by atoms with Crippen LogP contribution >= 0.6 is 11.3 Å². The molecule has 362 valence electrons. The Labute approximate surface area is 399 Å². The van der Waals surface area contributed by atoms with E-state index in [1.165, 1.54) is 11.3 Å². The highest BCUT2D eigenvalue weighted by Crippen LogP contribution is 2.46. The maximum Gasteiger partial charge on any atom is 0.410 e. The number of aliphatic hydroxyl groups excluding tert-OH is 1. The quantitative estimate of drug-likeness (QED) is 0.0922. The number of amides is 2. The van der Waals surface area contributed by atoms with Crippen LogP contribution in [0.25, 0.3) is 10.9 Å². The predicted molar refractivity (Wildman–Crippen MR) is 258 cm³/mol. The van der Waals surface area contributed by atoms with E-state index < -0.39 is 71.3 Å². The number of pyridine rings is 1. The Balaban J connectivity index is 1.18. The van der Waals surface area contributed by atoms with Crippen molar-refractivity contribution in [1.29, 1.82) is 0 Å². The number of likely N-dealkylation sites (N-methyl/N-ethyl adjacent to an activating group) is 1. The number of aryl methyl sites for hydroxylation is 1. The summed E-state index contributed by atoms with van der Waals surface area (Å²) in [6, 6.07) is 13.0. The molecule has 2 aromatic heterocycles. The first kappa shape index (κ1) is 50.2. The van der Waals surface area contributed by atoms with Crippen molar-refractivity contribution in [1.82, 2.24) is 20.1 Å². The zero-order valence-electron chi connectivity index (χ0n) is 40.7. The highest BCUT2D eigenvalue weighted by molar-refractivity contribution is 7.14. The number of esters is 1. The summed E-state index contributed by atoms with van der Waals surface area (Å²) in [4.78, 5) is 70.3. The molecular weight excluding hydrogens is 871 g/mol. The Bertz CT molecular complexity index is 2390. The first-order valence-electron chi connectivity index (χ1n) is 24.0. The third-order valence-corrected chi connectivity index (χ3v) is 15.6. The molecule has 0 unspecified atom stereocenters. The number of fused-ring (bicyclic) bond motifs is 2. The minimum atomic E-state index is -1.20. The molecule has 2 amide bonds. The highest BCUT2D eigenvalue weighted by atomic mass is 32.1. The summed E-state index contributed by atoms with van der Waals surface area (Å²) in [5.74, 6) is 2.90. The average Bonchev–Trinajstić information content (AvgIpc) is 3.81. The van der Waals surface area contributed by atoms with E-state index in [2.05, 4.69) is 42.1 Å². The van der Waals surface area contributed by atoms with Gasteiger partial charge in [0.15, 0.2) is 17.7 Å². The van der Waals surface area contributed by atoms with Gasteiger partial charge in [0.1, 0.15) is 18.1 Å². The lowest BCUT2D eigenvalue weighted by atomic mass is 9.66. The van der Waals surface area contributed by atoms with Gasteiger partial charge in [0.05, 0.1) is 40.1 Å². The number of ketones is 1. The van der Waals surface area contributed by atoms with E-state index in [1.54, 1.807) is 24.8 Å².